The molecule has 2 aliphatic rings. The van der Waals surface area contributed by atoms with Crippen molar-refractivity contribution in [2.45, 2.75) is 52.4 Å². The highest BCUT2D eigenvalue weighted by Crippen LogP contribution is 2.52. The maximum absolute atomic E-state index is 2.77. The van der Waals surface area contributed by atoms with Crippen LogP contribution in [0.15, 0.2) is 273 Å². The minimum absolute atomic E-state index is 0.0767. The van der Waals surface area contributed by atoms with E-state index in [-0.39, 0.29) is 17.5 Å². The van der Waals surface area contributed by atoms with Gasteiger partial charge in [-0.1, -0.05) is 242 Å². The topological polar surface area (TPSA) is 19.7 Å². The summed E-state index contributed by atoms with van der Waals surface area (Å²) >= 11 is 0. The van der Waals surface area contributed by atoms with Crippen molar-refractivity contribution in [3.63, 3.8) is 0 Å². The summed E-state index contributed by atoms with van der Waals surface area (Å²) in [5, 5.41) is 25.5. The zero-order valence-corrected chi connectivity index (χ0v) is 54.8. The first kappa shape index (κ1) is 53.7. The van der Waals surface area contributed by atoms with Gasteiger partial charge in [-0.25, -0.2) is 0 Å². The number of aromatic nitrogens is 4. The minimum atomic E-state index is -0.162. The van der Waals surface area contributed by atoms with Crippen molar-refractivity contribution in [1.29, 1.82) is 0 Å². The monoisotopic (exact) mass is 1230 g/mol. The summed E-state index contributed by atoms with van der Waals surface area (Å²) in [5.41, 5.74) is 23.1. The summed E-state index contributed by atoms with van der Waals surface area (Å²) in [5.74, 6) is 0. The minimum Gasteiger partial charge on any atom is -0.310 e. The fourth-order valence-electron chi connectivity index (χ4n) is 18.6. The second kappa shape index (κ2) is 18.6. The van der Waals surface area contributed by atoms with Gasteiger partial charge in [0.2, 0.25) is 0 Å². The summed E-state index contributed by atoms with van der Waals surface area (Å²) in [7, 11) is 0. The average molecular weight is 1240 g/mol. The van der Waals surface area contributed by atoms with Crippen LogP contribution in [-0.2, 0) is 10.8 Å². The molecule has 0 N–H and O–H groups in total. The molecule has 6 heterocycles. The highest BCUT2D eigenvalue weighted by atomic mass is 15.1. The van der Waals surface area contributed by atoms with Crippen LogP contribution in [0.4, 0.5) is 0 Å². The van der Waals surface area contributed by atoms with E-state index in [1.54, 1.807) is 0 Å². The highest BCUT2D eigenvalue weighted by Gasteiger charge is 2.44. The molecule has 22 rings (SSSR count). The summed E-state index contributed by atoms with van der Waals surface area (Å²) in [4.78, 5) is 0. The van der Waals surface area contributed by atoms with Crippen molar-refractivity contribution in [2.24, 2.45) is 0 Å². The molecule has 0 saturated heterocycles. The van der Waals surface area contributed by atoms with Crippen LogP contribution in [-0.4, -0.2) is 25.0 Å². The van der Waals surface area contributed by atoms with Crippen molar-refractivity contribution in [3.05, 3.63) is 284 Å². The van der Waals surface area contributed by atoms with Crippen molar-refractivity contribution >= 4 is 175 Å². The average Bonchev–Trinajstić information content (AvgIpc) is 1.54. The van der Waals surface area contributed by atoms with E-state index in [0.717, 1.165) is 22.5 Å². The first-order chi connectivity index (χ1) is 47.5. The van der Waals surface area contributed by atoms with E-state index in [1.807, 2.05) is 0 Å². The zero-order chi connectivity index (χ0) is 64.2. The fourth-order valence-corrected chi connectivity index (χ4v) is 18.6. The molecule has 20 aromatic rings. The maximum atomic E-state index is 2.77. The van der Waals surface area contributed by atoms with E-state index in [4.69, 9.17) is 0 Å². The largest absolute Gasteiger partial charge is 0.310 e. The maximum Gasteiger partial charge on any atom is 0.252 e. The van der Waals surface area contributed by atoms with Crippen molar-refractivity contribution in [2.75, 3.05) is 0 Å². The van der Waals surface area contributed by atoms with E-state index in [0.29, 0.717) is 0 Å². The number of fused-ring (bicyclic) bond motifs is 30. The summed E-state index contributed by atoms with van der Waals surface area (Å²) in [6.45, 7) is 14.1. The van der Waals surface area contributed by atoms with E-state index in [9.17, 15) is 0 Å². The van der Waals surface area contributed by atoms with Gasteiger partial charge >= 0.3 is 0 Å². The molecule has 0 saturated carbocycles. The zero-order valence-electron chi connectivity index (χ0n) is 54.8. The van der Waals surface area contributed by atoms with Crippen LogP contribution >= 0.6 is 0 Å². The second-order valence-electron chi connectivity index (χ2n) is 29.8. The number of nitrogens with zero attached hydrogens (tertiary/aromatic N) is 4. The molecule has 0 aliphatic carbocycles. The van der Waals surface area contributed by atoms with Gasteiger partial charge in [0, 0.05) is 76.3 Å². The van der Waals surface area contributed by atoms with Gasteiger partial charge < -0.3 is 18.3 Å². The summed E-state index contributed by atoms with van der Waals surface area (Å²) in [6, 6.07) is 105. The lowest BCUT2D eigenvalue weighted by atomic mass is 9.34. The number of para-hydroxylation sites is 4. The Kier molecular flexibility index (Phi) is 10.3. The fraction of sp³-hybridized carbons (Fsp3) is 0.0870. The molecule has 16 aromatic carbocycles. The molecule has 97 heavy (non-hydrogen) atoms. The lowest BCUT2D eigenvalue weighted by Crippen LogP contribution is -2.59. The van der Waals surface area contributed by atoms with E-state index >= 15 is 0 Å². The van der Waals surface area contributed by atoms with Gasteiger partial charge in [-0.3, -0.25) is 0 Å². The quantitative estimate of drug-likeness (QED) is 0.124. The van der Waals surface area contributed by atoms with Crippen LogP contribution < -0.4 is 16.4 Å². The number of hydrogen-bond donors (Lipinski definition) is 0. The first-order valence-corrected chi connectivity index (χ1v) is 34.4. The smallest absolute Gasteiger partial charge is 0.252 e. The standard InChI is InChI=1S/C92H63BN4/c1-91(2,3)53-42-44-77-68(48-53)70-49-54(92(4,5)6)50-71-89(70)96(77)81-46-52(83-78(94-73-36-19-15-30-61(73)62-31-16-20-37-74(62)94)40-23-41-79(83)95-75-38-21-17-32-63(75)64-33-18-22-39-76(64)95)47-82-88(81)93(71)72-51-69-60-29-10-8-25-56(60)58-27-12-14-35-66(58)85(69)87-86-80(97(82)90(72)87)45-43-67-59-28-9-7-24-55(59)57-26-11-13-34-65(57)84(67)86/h7-51H,1-6H3. The van der Waals surface area contributed by atoms with Crippen molar-refractivity contribution in [3.8, 4) is 33.9 Å². The molecule has 2 aliphatic heterocycles. The van der Waals surface area contributed by atoms with Crippen LogP contribution in [0.3, 0.4) is 0 Å². The molecule has 4 aromatic heterocycles. The Labute approximate surface area is 560 Å². The molecule has 0 unspecified atom stereocenters. The molecule has 0 fully saturated rings. The van der Waals surface area contributed by atoms with Crippen LogP contribution in [0.2, 0.25) is 0 Å². The Balaban J connectivity index is 1.01. The van der Waals surface area contributed by atoms with Gasteiger partial charge in [-0.15, -0.1) is 0 Å². The molecule has 0 radical (unpaired) electrons. The molecule has 4 nitrogen and oxygen atoms in total. The Morgan fingerprint density at radius 1 is 0.237 bits per heavy atom. The number of benzene rings is 16. The third kappa shape index (κ3) is 6.88. The second-order valence-corrected chi connectivity index (χ2v) is 29.8. The normalized spacial score (nSPS) is 13.2. The lowest BCUT2D eigenvalue weighted by molar-refractivity contribution is 0.590. The molecular formula is C92H63BN4. The molecule has 454 valence electrons. The molecule has 0 spiro atoms. The third-order valence-corrected chi connectivity index (χ3v) is 22.7. The SMILES string of the molecule is CC(C)(C)c1ccc2c(c1)c1cc(C(C)(C)C)cc3c1n2-c1cc(-c2c(-n4c5ccccc5c5ccccc54)cccc2-n2c4ccccc4c4ccccc42)cc2c1B3c1cc3c4ccccc4c4ccccc4c3c3c4c5c6ccccc6c6ccccc6c5ccc4n-2c13. The van der Waals surface area contributed by atoms with Crippen LogP contribution in [0.25, 0.3) is 186 Å². The van der Waals surface area contributed by atoms with E-state index in [2.05, 4.69) is 333 Å². The first-order valence-electron chi connectivity index (χ1n) is 34.4. The summed E-state index contributed by atoms with van der Waals surface area (Å²) in [6.07, 6.45) is 0. The number of hydrogen-bond acceptors (Lipinski definition) is 0. The molecule has 5 heteroatoms. The lowest BCUT2D eigenvalue weighted by Gasteiger charge is -2.35. The van der Waals surface area contributed by atoms with Crippen LogP contribution in [0.5, 0.6) is 0 Å². The van der Waals surface area contributed by atoms with Gasteiger partial charge in [0.15, 0.2) is 0 Å². The van der Waals surface area contributed by atoms with Crippen molar-refractivity contribution in [1.82, 2.24) is 18.3 Å². The molecule has 0 atom stereocenters. The van der Waals surface area contributed by atoms with Crippen LogP contribution in [0.1, 0.15) is 52.7 Å². The Bertz CT molecular complexity index is 6750. The van der Waals surface area contributed by atoms with Gasteiger partial charge in [0.05, 0.1) is 50.0 Å². The van der Waals surface area contributed by atoms with E-state index in [1.165, 1.54) is 191 Å². The molecular weight excluding hydrogens is 1170 g/mol. The third-order valence-electron chi connectivity index (χ3n) is 22.7. The predicted molar refractivity (Wildman–Crippen MR) is 416 cm³/mol. The predicted octanol–water partition coefficient (Wildman–Crippen LogP) is 22.4. The van der Waals surface area contributed by atoms with Crippen LogP contribution in [0, 0.1) is 0 Å². The van der Waals surface area contributed by atoms with Gasteiger partial charge in [0.25, 0.3) is 6.71 Å². The summed E-state index contributed by atoms with van der Waals surface area (Å²) < 4.78 is 10.6. The Morgan fingerprint density at radius 3 is 1.11 bits per heavy atom. The van der Waals surface area contributed by atoms with Gasteiger partial charge in [0.1, 0.15) is 0 Å². The Hall–Kier alpha value is -11.7. The van der Waals surface area contributed by atoms with Gasteiger partial charge in [-0.2, -0.15) is 0 Å². The van der Waals surface area contributed by atoms with Crippen molar-refractivity contribution < 1.29 is 0 Å². The molecule has 0 bridgehead atoms. The number of rotatable bonds is 3. The Morgan fingerprint density at radius 2 is 0.619 bits per heavy atom. The highest BCUT2D eigenvalue weighted by molar-refractivity contribution is 7.00. The van der Waals surface area contributed by atoms with E-state index < -0.39 is 0 Å². The van der Waals surface area contributed by atoms with Gasteiger partial charge in [-0.05, 0) is 171 Å². The molecule has 0 amide bonds.